The molecule has 0 N–H and O–H groups in total. The summed E-state index contributed by atoms with van der Waals surface area (Å²) in [7, 11) is 0. The fourth-order valence-corrected chi connectivity index (χ4v) is 3.72. The van der Waals surface area contributed by atoms with Gasteiger partial charge >= 0.3 is 0 Å². The zero-order valence-electron chi connectivity index (χ0n) is 11.6. The zero-order valence-corrected chi connectivity index (χ0v) is 13.1. The van der Waals surface area contributed by atoms with Crippen LogP contribution in [0.2, 0.25) is 5.02 Å². The van der Waals surface area contributed by atoms with Crippen LogP contribution >= 0.6 is 23.4 Å². The van der Waals surface area contributed by atoms with E-state index in [-0.39, 0.29) is 11.2 Å². The fraction of sp³-hybridized carbons (Fsp3) is 0.375. The lowest BCUT2D eigenvalue weighted by Gasteiger charge is -2.29. The van der Waals surface area contributed by atoms with Crippen molar-refractivity contribution < 1.29 is 4.79 Å². The minimum Gasteiger partial charge on any atom is -0.293 e. The van der Waals surface area contributed by atoms with Crippen molar-refractivity contribution in [3.8, 4) is 6.07 Å². The van der Waals surface area contributed by atoms with Gasteiger partial charge in [0, 0.05) is 22.1 Å². The highest BCUT2D eigenvalue weighted by molar-refractivity contribution is 8.02. The average Bonchev–Trinajstić information content (AvgIpc) is 2.36. The number of hydrogen-bond acceptors (Lipinski definition) is 3. The Morgan fingerprint density at radius 3 is 2.55 bits per heavy atom. The van der Waals surface area contributed by atoms with Gasteiger partial charge in [-0.2, -0.15) is 5.26 Å². The van der Waals surface area contributed by atoms with Crippen molar-refractivity contribution in [3.05, 3.63) is 45.3 Å². The van der Waals surface area contributed by atoms with E-state index in [1.165, 1.54) is 0 Å². The van der Waals surface area contributed by atoms with Gasteiger partial charge in [0.05, 0.1) is 0 Å². The molecule has 1 aliphatic carbocycles. The lowest BCUT2D eigenvalue weighted by molar-refractivity contribution is -0.117. The number of carbonyl (C=O) groups excluding carboxylic acids is 1. The Morgan fingerprint density at radius 2 is 1.95 bits per heavy atom. The van der Waals surface area contributed by atoms with Crippen LogP contribution in [0.25, 0.3) is 0 Å². The van der Waals surface area contributed by atoms with Gasteiger partial charge in [0.2, 0.25) is 0 Å². The number of Topliss-reactive ketones (excluding diaryl/α,β-unsaturated/α-hetero) is 1. The molecule has 0 unspecified atom stereocenters. The van der Waals surface area contributed by atoms with Crippen LogP contribution in [0.1, 0.15) is 32.3 Å². The molecule has 0 amide bonds. The molecule has 1 aromatic rings. The summed E-state index contributed by atoms with van der Waals surface area (Å²) in [6.07, 6.45) is 1.25. The Bertz CT molecular complexity index is 596. The number of nitriles is 1. The number of hydrogen-bond donors (Lipinski definition) is 0. The van der Waals surface area contributed by atoms with Crippen LogP contribution in [0.15, 0.2) is 34.7 Å². The van der Waals surface area contributed by atoms with E-state index in [1.807, 2.05) is 24.3 Å². The highest BCUT2D eigenvalue weighted by atomic mass is 35.5. The molecule has 1 aliphatic rings. The topological polar surface area (TPSA) is 40.9 Å². The van der Waals surface area contributed by atoms with Gasteiger partial charge in [0.15, 0.2) is 5.78 Å². The van der Waals surface area contributed by atoms with Crippen LogP contribution in [0.5, 0.6) is 0 Å². The molecule has 0 heterocycles. The van der Waals surface area contributed by atoms with Crippen molar-refractivity contribution in [3.63, 3.8) is 0 Å². The molecule has 0 atom stereocenters. The summed E-state index contributed by atoms with van der Waals surface area (Å²) in [5, 5.41) is 9.89. The zero-order chi connectivity index (χ0) is 14.8. The summed E-state index contributed by atoms with van der Waals surface area (Å²) in [6.45, 7) is 4.14. The molecule has 0 fully saturated rings. The Morgan fingerprint density at radius 1 is 1.30 bits per heavy atom. The largest absolute Gasteiger partial charge is 0.293 e. The summed E-state index contributed by atoms with van der Waals surface area (Å²) >= 11 is 7.45. The third-order valence-electron chi connectivity index (χ3n) is 3.27. The van der Waals surface area contributed by atoms with Gasteiger partial charge < -0.3 is 0 Å². The Balaban J connectivity index is 2.15. The smallest absolute Gasteiger partial charge is 0.174 e. The highest BCUT2D eigenvalue weighted by Crippen LogP contribution is 2.42. The SMILES string of the molecule is CC1(C)CC(=O)C(C#N)=C(SCc2ccc(Cl)cc2)C1. The van der Waals surface area contributed by atoms with Crippen LogP contribution in [0, 0.1) is 16.7 Å². The Hall–Kier alpha value is -1.24. The number of rotatable bonds is 3. The number of carbonyl (C=O) groups is 1. The first kappa shape index (κ1) is 15.2. The van der Waals surface area contributed by atoms with E-state index in [9.17, 15) is 10.1 Å². The lowest BCUT2D eigenvalue weighted by Crippen LogP contribution is -2.24. The van der Waals surface area contributed by atoms with Crippen LogP contribution in [0.3, 0.4) is 0 Å². The number of thioether (sulfide) groups is 1. The van der Waals surface area contributed by atoms with Crippen molar-refractivity contribution in [2.75, 3.05) is 0 Å². The number of benzene rings is 1. The molecular weight excluding hydrogens is 290 g/mol. The number of nitrogens with zero attached hydrogens (tertiary/aromatic N) is 1. The quantitative estimate of drug-likeness (QED) is 0.810. The first-order valence-electron chi connectivity index (χ1n) is 6.45. The number of halogens is 1. The molecule has 0 saturated carbocycles. The summed E-state index contributed by atoms with van der Waals surface area (Å²) < 4.78 is 0. The fourth-order valence-electron chi connectivity index (χ4n) is 2.26. The molecular formula is C16H16ClNOS. The monoisotopic (exact) mass is 305 g/mol. The van der Waals surface area contributed by atoms with Crippen molar-refractivity contribution in [1.82, 2.24) is 0 Å². The molecule has 2 nitrogen and oxygen atoms in total. The van der Waals surface area contributed by atoms with E-state index in [4.69, 9.17) is 11.6 Å². The normalized spacial score (nSPS) is 18.0. The third kappa shape index (κ3) is 3.65. The molecule has 0 saturated heterocycles. The van der Waals surface area contributed by atoms with Crippen molar-refractivity contribution >= 4 is 29.1 Å². The van der Waals surface area contributed by atoms with Gasteiger partial charge in [-0.1, -0.05) is 37.6 Å². The summed E-state index contributed by atoms with van der Waals surface area (Å²) in [5.74, 6) is 0.725. The minimum atomic E-state index is -0.0558. The van der Waals surface area contributed by atoms with Crippen LogP contribution in [-0.2, 0) is 10.5 Å². The second-order valence-electron chi connectivity index (χ2n) is 5.77. The maximum atomic E-state index is 12.0. The van der Waals surface area contributed by atoms with Gasteiger partial charge in [-0.05, 0) is 29.5 Å². The number of ketones is 1. The first-order chi connectivity index (χ1) is 9.41. The molecule has 2 rings (SSSR count). The van der Waals surface area contributed by atoms with Crippen molar-refractivity contribution in [1.29, 1.82) is 5.26 Å². The van der Waals surface area contributed by atoms with Crippen LogP contribution in [-0.4, -0.2) is 5.78 Å². The number of allylic oxidation sites excluding steroid dienone is 2. The molecule has 0 aromatic heterocycles. The second-order valence-corrected chi connectivity index (χ2v) is 7.27. The van der Waals surface area contributed by atoms with Gasteiger partial charge in [-0.3, -0.25) is 4.79 Å². The van der Waals surface area contributed by atoms with E-state index >= 15 is 0 Å². The molecule has 0 aliphatic heterocycles. The molecule has 1 aromatic carbocycles. The second kappa shape index (κ2) is 6.03. The van der Waals surface area contributed by atoms with E-state index in [0.717, 1.165) is 22.6 Å². The molecule has 4 heteroatoms. The van der Waals surface area contributed by atoms with E-state index in [0.29, 0.717) is 17.0 Å². The van der Waals surface area contributed by atoms with Crippen LogP contribution < -0.4 is 0 Å². The Labute approximate surface area is 128 Å². The standard InChI is InChI=1S/C16H16ClNOS/c1-16(2)7-14(19)13(9-18)15(8-16)20-10-11-3-5-12(17)6-4-11/h3-6H,7-8,10H2,1-2H3. The summed E-state index contributed by atoms with van der Waals surface area (Å²) in [6, 6.07) is 9.72. The predicted octanol–water partition coefficient (Wildman–Crippen LogP) is 4.74. The van der Waals surface area contributed by atoms with Crippen LogP contribution in [0.4, 0.5) is 0 Å². The maximum Gasteiger partial charge on any atom is 0.174 e. The average molecular weight is 306 g/mol. The van der Waals surface area contributed by atoms with E-state index < -0.39 is 0 Å². The highest BCUT2D eigenvalue weighted by Gasteiger charge is 2.33. The van der Waals surface area contributed by atoms with E-state index in [1.54, 1.807) is 11.8 Å². The van der Waals surface area contributed by atoms with Crippen molar-refractivity contribution in [2.24, 2.45) is 5.41 Å². The Kier molecular flexibility index (Phi) is 4.57. The predicted molar refractivity (Wildman–Crippen MR) is 83.4 cm³/mol. The van der Waals surface area contributed by atoms with Crippen molar-refractivity contribution in [2.45, 2.75) is 32.4 Å². The third-order valence-corrected chi connectivity index (χ3v) is 4.70. The summed E-state index contributed by atoms with van der Waals surface area (Å²) in [5.41, 5.74) is 1.43. The lowest BCUT2D eigenvalue weighted by atomic mass is 9.78. The van der Waals surface area contributed by atoms with Gasteiger partial charge in [-0.25, -0.2) is 0 Å². The molecule has 0 spiro atoms. The molecule has 20 heavy (non-hydrogen) atoms. The van der Waals surface area contributed by atoms with E-state index in [2.05, 4.69) is 19.9 Å². The molecule has 0 bridgehead atoms. The van der Waals surface area contributed by atoms with Gasteiger partial charge in [0.25, 0.3) is 0 Å². The first-order valence-corrected chi connectivity index (χ1v) is 7.81. The molecule has 104 valence electrons. The molecule has 0 radical (unpaired) electrons. The minimum absolute atomic E-state index is 0.0256. The van der Waals surface area contributed by atoms with Gasteiger partial charge in [-0.15, -0.1) is 11.8 Å². The van der Waals surface area contributed by atoms with Gasteiger partial charge in [0.1, 0.15) is 11.6 Å². The summed E-state index contributed by atoms with van der Waals surface area (Å²) in [4.78, 5) is 12.9. The maximum absolute atomic E-state index is 12.0.